The number of hydrogen-bond donors (Lipinski definition) is 1. The Morgan fingerprint density at radius 3 is 2.65 bits per heavy atom. The summed E-state index contributed by atoms with van der Waals surface area (Å²) < 4.78 is 12.9. The van der Waals surface area contributed by atoms with Gasteiger partial charge in [-0.15, -0.1) is 0 Å². The zero-order valence-corrected chi connectivity index (χ0v) is 10.1. The predicted molar refractivity (Wildman–Crippen MR) is 67.1 cm³/mol. The van der Waals surface area contributed by atoms with E-state index in [0.717, 1.165) is 30.8 Å². The summed E-state index contributed by atoms with van der Waals surface area (Å²) in [4.78, 5) is 2.29. The van der Waals surface area contributed by atoms with Crippen molar-refractivity contribution in [3.8, 4) is 0 Å². The maximum absolute atomic E-state index is 12.9. The SMILES string of the molecule is CCN1CC=C(c2ccc(F)cc2)[C@@H](CO)C1. The molecule has 0 saturated heterocycles. The van der Waals surface area contributed by atoms with Crippen LogP contribution in [0.2, 0.25) is 0 Å². The Hall–Kier alpha value is -1.19. The normalized spacial score (nSPS) is 21.4. The van der Waals surface area contributed by atoms with Crippen LogP contribution >= 0.6 is 0 Å². The standard InChI is InChI=1S/C14H18FNO/c1-2-16-8-7-14(12(9-16)10-17)11-3-5-13(15)6-4-11/h3-7,12,17H,2,8-10H2,1H3/t12-/m1/s1. The molecule has 0 amide bonds. The molecule has 1 N–H and O–H groups in total. The highest BCUT2D eigenvalue weighted by Crippen LogP contribution is 2.27. The summed E-state index contributed by atoms with van der Waals surface area (Å²) in [6, 6.07) is 6.50. The Labute approximate surface area is 101 Å². The van der Waals surface area contributed by atoms with Crippen molar-refractivity contribution < 1.29 is 9.50 Å². The lowest BCUT2D eigenvalue weighted by Gasteiger charge is -2.31. The molecule has 2 rings (SSSR count). The molecule has 0 fully saturated rings. The number of aliphatic hydroxyl groups is 1. The minimum Gasteiger partial charge on any atom is -0.396 e. The van der Waals surface area contributed by atoms with Crippen LogP contribution in [0.25, 0.3) is 5.57 Å². The van der Waals surface area contributed by atoms with Gasteiger partial charge in [-0.1, -0.05) is 25.1 Å². The fourth-order valence-corrected chi connectivity index (χ4v) is 2.29. The summed E-state index contributed by atoms with van der Waals surface area (Å²) in [7, 11) is 0. The molecular formula is C14H18FNO. The first kappa shape index (κ1) is 12.3. The predicted octanol–water partition coefficient (Wildman–Crippen LogP) is 2.15. The van der Waals surface area contributed by atoms with E-state index in [0.29, 0.717) is 0 Å². The van der Waals surface area contributed by atoms with Gasteiger partial charge in [0.05, 0.1) is 6.61 Å². The second kappa shape index (κ2) is 5.43. The van der Waals surface area contributed by atoms with E-state index in [1.807, 2.05) is 0 Å². The van der Waals surface area contributed by atoms with E-state index in [9.17, 15) is 9.50 Å². The molecule has 1 atom stereocenters. The van der Waals surface area contributed by atoms with Crippen LogP contribution in [-0.4, -0.2) is 36.2 Å². The zero-order chi connectivity index (χ0) is 12.3. The molecule has 0 saturated carbocycles. The quantitative estimate of drug-likeness (QED) is 0.867. The van der Waals surface area contributed by atoms with Gasteiger partial charge in [-0.2, -0.15) is 0 Å². The summed E-state index contributed by atoms with van der Waals surface area (Å²) >= 11 is 0. The second-order valence-electron chi connectivity index (χ2n) is 4.40. The van der Waals surface area contributed by atoms with Gasteiger partial charge < -0.3 is 5.11 Å². The molecule has 2 nitrogen and oxygen atoms in total. The third kappa shape index (κ3) is 2.73. The number of rotatable bonds is 3. The van der Waals surface area contributed by atoms with Crippen LogP contribution in [0.3, 0.4) is 0 Å². The van der Waals surface area contributed by atoms with Crippen LogP contribution in [0.4, 0.5) is 4.39 Å². The zero-order valence-electron chi connectivity index (χ0n) is 10.1. The first-order valence-electron chi connectivity index (χ1n) is 6.03. The molecule has 92 valence electrons. The monoisotopic (exact) mass is 235 g/mol. The summed E-state index contributed by atoms with van der Waals surface area (Å²) in [6.07, 6.45) is 2.14. The van der Waals surface area contributed by atoms with Gasteiger partial charge in [0, 0.05) is 19.0 Å². The largest absolute Gasteiger partial charge is 0.396 e. The fraction of sp³-hybridized carbons (Fsp3) is 0.429. The highest BCUT2D eigenvalue weighted by molar-refractivity contribution is 5.68. The van der Waals surface area contributed by atoms with Crippen molar-refractivity contribution in [2.75, 3.05) is 26.2 Å². The minimum absolute atomic E-state index is 0.133. The first-order valence-corrected chi connectivity index (χ1v) is 6.03. The van der Waals surface area contributed by atoms with Gasteiger partial charge in [0.1, 0.15) is 5.82 Å². The van der Waals surface area contributed by atoms with E-state index >= 15 is 0 Å². The van der Waals surface area contributed by atoms with E-state index in [-0.39, 0.29) is 18.3 Å². The third-order valence-electron chi connectivity index (χ3n) is 3.33. The van der Waals surface area contributed by atoms with Crippen LogP contribution in [0.15, 0.2) is 30.3 Å². The smallest absolute Gasteiger partial charge is 0.123 e. The lowest BCUT2D eigenvalue weighted by Crippen LogP contribution is -2.35. The van der Waals surface area contributed by atoms with Crippen LogP contribution in [0, 0.1) is 11.7 Å². The van der Waals surface area contributed by atoms with Crippen LogP contribution in [0.1, 0.15) is 12.5 Å². The molecule has 1 aromatic rings. The summed E-state index contributed by atoms with van der Waals surface area (Å²) in [5.41, 5.74) is 2.15. The maximum Gasteiger partial charge on any atom is 0.123 e. The van der Waals surface area contributed by atoms with Crippen molar-refractivity contribution in [1.29, 1.82) is 0 Å². The first-order chi connectivity index (χ1) is 8.24. The lowest BCUT2D eigenvalue weighted by atomic mass is 9.89. The number of aliphatic hydroxyl groups excluding tert-OH is 1. The highest BCUT2D eigenvalue weighted by atomic mass is 19.1. The molecule has 1 aliphatic rings. The van der Waals surface area contributed by atoms with E-state index in [4.69, 9.17) is 0 Å². The van der Waals surface area contributed by atoms with Crippen molar-refractivity contribution in [3.05, 3.63) is 41.7 Å². The molecule has 17 heavy (non-hydrogen) atoms. The number of hydrogen-bond acceptors (Lipinski definition) is 2. The fourth-order valence-electron chi connectivity index (χ4n) is 2.29. The molecule has 1 aliphatic heterocycles. The number of halogens is 1. The Balaban J connectivity index is 2.24. The Morgan fingerprint density at radius 2 is 2.06 bits per heavy atom. The third-order valence-corrected chi connectivity index (χ3v) is 3.33. The Morgan fingerprint density at radius 1 is 1.35 bits per heavy atom. The summed E-state index contributed by atoms with van der Waals surface area (Å²) in [5, 5.41) is 9.45. The van der Waals surface area contributed by atoms with Gasteiger partial charge in [-0.25, -0.2) is 4.39 Å². The maximum atomic E-state index is 12.9. The van der Waals surface area contributed by atoms with E-state index in [1.165, 1.54) is 12.1 Å². The van der Waals surface area contributed by atoms with Gasteiger partial charge >= 0.3 is 0 Å². The molecule has 1 aromatic carbocycles. The number of likely N-dealkylation sites (N-methyl/N-ethyl adjacent to an activating group) is 1. The Bertz CT molecular complexity index is 399. The van der Waals surface area contributed by atoms with Crippen molar-refractivity contribution in [1.82, 2.24) is 4.90 Å². The molecule has 0 unspecified atom stereocenters. The molecular weight excluding hydrogens is 217 g/mol. The highest BCUT2D eigenvalue weighted by Gasteiger charge is 2.22. The number of benzene rings is 1. The topological polar surface area (TPSA) is 23.5 Å². The van der Waals surface area contributed by atoms with Crippen LogP contribution < -0.4 is 0 Å². The number of nitrogens with zero attached hydrogens (tertiary/aromatic N) is 1. The van der Waals surface area contributed by atoms with Crippen LogP contribution in [0.5, 0.6) is 0 Å². The lowest BCUT2D eigenvalue weighted by molar-refractivity contribution is 0.198. The van der Waals surface area contributed by atoms with E-state index in [1.54, 1.807) is 12.1 Å². The van der Waals surface area contributed by atoms with Gasteiger partial charge in [0.15, 0.2) is 0 Å². The van der Waals surface area contributed by atoms with Crippen molar-refractivity contribution >= 4 is 5.57 Å². The Kier molecular flexibility index (Phi) is 3.92. The van der Waals surface area contributed by atoms with Crippen molar-refractivity contribution in [2.45, 2.75) is 6.92 Å². The molecule has 0 aliphatic carbocycles. The van der Waals surface area contributed by atoms with Gasteiger partial charge in [0.2, 0.25) is 0 Å². The molecule has 0 aromatic heterocycles. The molecule has 3 heteroatoms. The molecule has 1 heterocycles. The molecule has 0 bridgehead atoms. The van der Waals surface area contributed by atoms with Crippen molar-refractivity contribution in [2.24, 2.45) is 5.92 Å². The molecule has 0 radical (unpaired) electrons. The average Bonchev–Trinajstić information content (AvgIpc) is 2.39. The second-order valence-corrected chi connectivity index (χ2v) is 4.40. The van der Waals surface area contributed by atoms with E-state index in [2.05, 4.69) is 17.9 Å². The van der Waals surface area contributed by atoms with Gasteiger partial charge in [-0.05, 0) is 29.8 Å². The van der Waals surface area contributed by atoms with Gasteiger partial charge in [0.25, 0.3) is 0 Å². The minimum atomic E-state index is -0.221. The summed E-state index contributed by atoms with van der Waals surface area (Å²) in [5.74, 6) is -0.0879. The van der Waals surface area contributed by atoms with Gasteiger partial charge in [-0.3, -0.25) is 4.90 Å². The van der Waals surface area contributed by atoms with E-state index < -0.39 is 0 Å². The van der Waals surface area contributed by atoms with Crippen molar-refractivity contribution in [3.63, 3.8) is 0 Å². The van der Waals surface area contributed by atoms with Crippen LogP contribution in [-0.2, 0) is 0 Å². The molecule has 0 spiro atoms. The summed E-state index contributed by atoms with van der Waals surface area (Å²) in [6.45, 7) is 5.02. The average molecular weight is 235 g/mol.